The number of aliphatic carboxylic acids is 2. The number of carboxylic acids is 2. The van der Waals surface area contributed by atoms with Crippen molar-refractivity contribution in [3.8, 4) is 0 Å². The van der Waals surface area contributed by atoms with Gasteiger partial charge in [-0.1, -0.05) is 34.1 Å². The third-order valence-electron chi connectivity index (χ3n) is 5.17. The lowest BCUT2D eigenvalue weighted by Gasteiger charge is -2.28. The molecule has 4 amide bonds. The molecule has 0 aliphatic heterocycles. The molecule has 0 fully saturated rings. The number of carboxylic acid groups (broad SMARTS) is 2. The Labute approximate surface area is 198 Å². The van der Waals surface area contributed by atoms with Crippen LogP contribution in [0.15, 0.2) is 0 Å². The molecule has 9 N–H and O–H groups in total. The number of hydrogen-bond acceptors (Lipinski definition) is 7. The van der Waals surface area contributed by atoms with Gasteiger partial charge < -0.3 is 37.6 Å². The Morgan fingerprint density at radius 3 is 1.85 bits per heavy atom. The minimum atomic E-state index is -1.56. The molecule has 0 saturated carbocycles. The molecule has 13 heteroatoms. The second kappa shape index (κ2) is 14.8. The van der Waals surface area contributed by atoms with Crippen molar-refractivity contribution in [2.75, 3.05) is 0 Å². The molecule has 0 radical (unpaired) electrons. The molecule has 0 rings (SSSR count). The van der Waals surface area contributed by atoms with Crippen molar-refractivity contribution in [1.29, 1.82) is 0 Å². The Morgan fingerprint density at radius 1 is 0.853 bits per heavy atom. The van der Waals surface area contributed by atoms with Crippen LogP contribution in [0.5, 0.6) is 0 Å². The molecular weight excluding hydrogens is 450 g/mol. The van der Waals surface area contributed by atoms with E-state index < -0.39 is 72.1 Å². The highest BCUT2D eigenvalue weighted by Crippen LogP contribution is 2.11. The second-order valence-electron chi connectivity index (χ2n) is 8.67. The van der Waals surface area contributed by atoms with Gasteiger partial charge in [0.2, 0.25) is 23.6 Å². The summed E-state index contributed by atoms with van der Waals surface area (Å²) in [5.74, 6) is -6.31. The van der Waals surface area contributed by atoms with Crippen molar-refractivity contribution in [1.82, 2.24) is 16.0 Å². The fourth-order valence-corrected chi connectivity index (χ4v) is 3.00. The quantitative estimate of drug-likeness (QED) is 0.137. The summed E-state index contributed by atoms with van der Waals surface area (Å²) in [7, 11) is 0. The highest BCUT2D eigenvalue weighted by atomic mass is 16.4. The van der Waals surface area contributed by atoms with Gasteiger partial charge in [0.1, 0.15) is 18.1 Å². The number of carbonyl (C=O) groups is 6. The summed E-state index contributed by atoms with van der Waals surface area (Å²) in [6.45, 7) is 7.01. The molecule has 194 valence electrons. The standard InChI is InChI=1S/C21H37N5O8/c1-5-11(4)17(20(32)25-14(21(33)34)8-10(2)3)26-19(31)13(9-16(28)29)24-18(30)12(22)6-7-15(23)27/h10-14,17H,5-9,22H2,1-4H3,(H2,23,27)(H,24,30)(H,25,32)(H,26,31)(H,28,29)(H,33,34). The lowest BCUT2D eigenvalue weighted by Crippen LogP contribution is -2.59. The highest BCUT2D eigenvalue weighted by molar-refractivity contribution is 5.95. The topological polar surface area (TPSA) is 231 Å². The maximum atomic E-state index is 12.8. The van der Waals surface area contributed by atoms with Gasteiger partial charge in [0, 0.05) is 6.42 Å². The van der Waals surface area contributed by atoms with Gasteiger partial charge in [0.15, 0.2) is 0 Å². The molecule has 0 spiro atoms. The molecule has 0 saturated heterocycles. The first-order valence-corrected chi connectivity index (χ1v) is 11.1. The van der Waals surface area contributed by atoms with Crippen LogP contribution in [0, 0.1) is 11.8 Å². The van der Waals surface area contributed by atoms with E-state index in [1.807, 2.05) is 0 Å². The molecule has 0 aromatic carbocycles. The predicted octanol–water partition coefficient (Wildman–Crippen LogP) is -1.31. The average Bonchev–Trinajstić information content (AvgIpc) is 2.72. The molecule has 0 bridgehead atoms. The SMILES string of the molecule is CCC(C)C(NC(=O)C(CC(=O)O)NC(=O)C(N)CCC(N)=O)C(=O)NC(CC(C)C)C(=O)O. The van der Waals surface area contributed by atoms with Crippen LogP contribution < -0.4 is 27.4 Å². The maximum absolute atomic E-state index is 12.8. The summed E-state index contributed by atoms with van der Waals surface area (Å²) < 4.78 is 0. The Kier molecular flexibility index (Phi) is 13.4. The van der Waals surface area contributed by atoms with Crippen molar-refractivity contribution in [3.63, 3.8) is 0 Å². The van der Waals surface area contributed by atoms with E-state index in [1.165, 1.54) is 0 Å². The Balaban J connectivity index is 5.55. The van der Waals surface area contributed by atoms with E-state index >= 15 is 0 Å². The molecule has 5 atom stereocenters. The van der Waals surface area contributed by atoms with Crippen LogP contribution in [-0.4, -0.2) is 69.9 Å². The molecule has 5 unspecified atom stereocenters. The molecule has 0 heterocycles. The minimum absolute atomic E-state index is 0.0213. The first-order valence-electron chi connectivity index (χ1n) is 11.1. The normalized spacial score (nSPS) is 15.4. The van der Waals surface area contributed by atoms with E-state index in [0.717, 1.165) is 0 Å². The van der Waals surface area contributed by atoms with Crippen LogP contribution in [0.2, 0.25) is 0 Å². The van der Waals surface area contributed by atoms with Crippen LogP contribution >= 0.6 is 0 Å². The van der Waals surface area contributed by atoms with Crippen molar-refractivity contribution in [2.24, 2.45) is 23.3 Å². The molecule has 34 heavy (non-hydrogen) atoms. The van der Waals surface area contributed by atoms with Crippen LogP contribution in [0.4, 0.5) is 0 Å². The van der Waals surface area contributed by atoms with E-state index in [1.54, 1.807) is 27.7 Å². The zero-order chi connectivity index (χ0) is 26.6. The maximum Gasteiger partial charge on any atom is 0.326 e. The molecule has 0 aromatic heterocycles. The number of amides is 4. The van der Waals surface area contributed by atoms with Gasteiger partial charge in [-0.05, 0) is 24.7 Å². The minimum Gasteiger partial charge on any atom is -0.481 e. The monoisotopic (exact) mass is 487 g/mol. The predicted molar refractivity (Wildman–Crippen MR) is 121 cm³/mol. The number of nitrogens with two attached hydrogens (primary N) is 2. The lowest BCUT2D eigenvalue weighted by molar-refractivity contribution is -0.144. The van der Waals surface area contributed by atoms with Crippen molar-refractivity contribution in [2.45, 2.75) is 84.0 Å². The van der Waals surface area contributed by atoms with Gasteiger partial charge in [-0.2, -0.15) is 0 Å². The summed E-state index contributed by atoms with van der Waals surface area (Å²) in [4.78, 5) is 71.6. The van der Waals surface area contributed by atoms with E-state index in [2.05, 4.69) is 16.0 Å². The number of carbonyl (C=O) groups excluding carboxylic acids is 4. The van der Waals surface area contributed by atoms with E-state index in [4.69, 9.17) is 16.6 Å². The largest absolute Gasteiger partial charge is 0.481 e. The van der Waals surface area contributed by atoms with E-state index in [9.17, 15) is 33.9 Å². The summed E-state index contributed by atoms with van der Waals surface area (Å²) in [5.41, 5.74) is 10.7. The molecule has 0 aliphatic rings. The molecule has 0 aliphatic carbocycles. The van der Waals surface area contributed by atoms with Crippen LogP contribution in [0.3, 0.4) is 0 Å². The van der Waals surface area contributed by atoms with Gasteiger partial charge in [-0.3, -0.25) is 24.0 Å². The van der Waals surface area contributed by atoms with Gasteiger partial charge in [0.25, 0.3) is 0 Å². The van der Waals surface area contributed by atoms with Crippen LogP contribution in [0.25, 0.3) is 0 Å². The summed E-state index contributed by atoms with van der Waals surface area (Å²) in [5, 5.41) is 25.6. The zero-order valence-electron chi connectivity index (χ0n) is 20.0. The smallest absolute Gasteiger partial charge is 0.326 e. The highest BCUT2D eigenvalue weighted by Gasteiger charge is 2.33. The fraction of sp³-hybridized carbons (Fsp3) is 0.714. The third kappa shape index (κ3) is 11.6. The van der Waals surface area contributed by atoms with Gasteiger partial charge in [-0.25, -0.2) is 4.79 Å². The van der Waals surface area contributed by atoms with Gasteiger partial charge in [-0.15, -0.1) is 0 Å². The Morgan fingerprint density at radius 2 is 1.41 bits per heavy atom. The van der Waals surface area contributed by atoms with E-state index in [-0.39, 0.29) is 25.2 Å². The fourth-order valence-electron chi connectivity index (χ4n) is 3.00. The molecule has 13 nitrogen and oxygen atoms in total. The van der Waals surface area contributed by atoms with Crippen molar-refractivity contribution >= 4 is 35.6 Å². The number of rotatable bonds is 16. The van der Waals surface area contributed by atoms with Gasteiger partial charge in [0.05, 0.1) is 12.5 Å². The van der Waals surface area contributed by atoms with Crippen LogP contribution in [0.1, 0.15) is 59.8 Å². The summed E-state index contributed by atoms with van der Waals surface area (Å²) in [6, 6.07) is -5.12. The van der Waals surface area contributed by atoms with Crippen molar-refractivity contribution < 1.29 is 39.0 Å². The first kappa shape index (κ1) is 30.8. The average molecular weight is 488 g/mol. The van der Waals surface area contributed by atoms with Gasteiger partial charge >= 0.3 is 11.9 Å². The number of nitrogens with one attached hydrogen (secondary N) is 3. The number of primary amides is 1. The summed E-state index contributed by atoms with van der Waals surface area (Å²) >= 11 is 0. The second-order valence-corrected chi connectivity index (χ2v) is 8.67. The molecule has 0 aromatic rings. The molecular formula is C21H37N5O8. The first-order chi connectivity index (χ1) is 15.7. The van der Waals surface area contributed by atoms with E-state index in [0.29, 0.717) is 6.42 Å². The number of hydrogen-bond donors (Lipinski definition) is 7. The Bertz CT molecular complexity index is 757. The Hall–Kier alpha value is -3.22. The zero-order valence-corrected chi connectivity index (χ0v) is 20.0. The van der Waals surface area contributed by atoms with Crippen LogP contribution in [-0.2, 0) is 28.8 Å². The summed E-state index contributed by atoms with van der Waals surface area (Å²) in [6.07, 6.45) is -0.466. The lowest BCUT2D eigenvalue weighted by atomic mass is 9.96. The third-order valence-corrected chi connectivity index (χ3v) is 5.17. The van der Waals surface area contributed by atoms with Crippen molar-refractivity contribution in [3.05, 3.63) is 0 Å².